The molecule has 106 valence electrons. The summed E-state index contributed by atoms with van der Waals surface area (Å²) in [6.45, 7) is 7.43. The molecule has 1 fully saturated rings. The number of hydrogen-bond acceptors (Lipinski definition) is 2. The molecule has 0 amide bonds. The van der Waals surface area contributed by atoms with E-state index < -0.39 is 0 Å². The minimum absolute atomic E-state index is 0.338. The molecular formula is C18H23NO. The highest BCUT2D eigenvalue weighted by Gasteiger charge is 2.36. The van der Waals surface area contributed by atoms with Crippen LogP contribution in [0.4, 0.5) is 0 Å². The van der Waals surface area contributed by atoms with Gasteiger partial charge >= 0.3 is 0 Å². The molecule has 3 rings (SSSR count). The molecule has 2 heteroatoms. The fourth-order valence-corrected chi connectivity index (χ4v) is 2.84. The minimum Gasteiger partial charge on any atom is -0.464 e. The Balaban J connectivity index is 1.59. The van der Waals surface area contributed by atoms with E-state index in [1.165, 1.54) is 17.5 Å². The maximum absolute atomic E-state index is 5.93. The Bertz CT molecular complexity index is 587. The molecule has 1 aromatic heterocycles. The molecule has 2 unspecified atom stereocenters. The van der Waals surface area contributed by atoms with E-state index in [0.29, 0.717) is 12.0 Å². The number of hydrogen-bond donors (Lipinski definition) is 1. The zero-order valence-corrected chi connectivity index (χ0v) is 12.5. The smallest absolute Gasteiger partial charge is 0.117 e. The molecular weight excluding hydrogens is 246 g/mol. The molecule has 1 N–H and O–H groups in total. The van der Waals surface area contributed by atoms with Crippen molar-refractivity contribution in [3.8, 4) is 0 Å². The van der Waals surface area contributed by atoms with Crippen molar-refractivity contribution < 1.29 is 4.42 Å². The van der Waals surface area contributed by atoms with Crippen LogP contribution in [-0.4, -0.2) is 0 Å². The summed E-state index contributed by atoms with van der Waals surface area (Å²) < 4.78 is 5.93. The Morgan fingerprint density at radius 2 is 2.00 bits per heavy atom. The number of furan rings is 1. The SMILES string of the molecule is Cc1ccccc1[C@@H](C)NCc1ccc(C2CC2C)o1. The van der Waals surface area contributed by atoms with E-state index in [1.807, 2.05) is 0 Å². The van der Waals surface area contributed by atoms with Gasteiger partial charge < -0.3 is 9.73 Å². The minimum atomic E-state index is 0.338. The van der Waals surface area contributed by atoms with Crippen molar-refractivity contribution >= 4 is 0 Å². The summed E-state index contributed by atoms with van der Waals surface area (Å²) in [5.41, 5.74) is 2.69. The number of benzene rings is 1. The fourth-order valence-electron chi connectivity index (χ4n) is 2.84. The molecule has 0 radical (unpaired) electrons. The quantitative estimate of drug-likeness (QED) is 0.860. The first kappa shape index (κ1) is 13.4. The number of rotatable bonds is 5. The molecule has 0 spiro atoms. The standard InChI is InChI=1S/C18H23NO/c1-12-6-4-5-7-16(12)14(3)19-11-15-8-9-18(20-15)17-10-13(17)2/h4-9,13-14,17,19H,10-11H2,1-3H3/t13?,14-,17?/m1/s1. The van der Waals surface area contributed by atoms with Crippen LogP contribution in [-0.2, 0) is 6.54 Å². The first-order valence-corrected chi connectivity index (χ1v) is 7.52. The average molecular weight is 269 g/mol. The monoisotopic (exact) mass is 269 g/mol. The second-order valence-electron chi connectivity index (χ2n) is 6.08. The maximum Gasteiger partial charge on any atom is 0.117 e. The third-order valence-electron chi connectivity index (χ3n) is 4.39. The molecule has 1 aromatic carbocycles. The van der Waals surface area contributed by atoms with Gasteiger partial charge in [-0.25, -0.2) is 0 Å². The lowest BCUT2D eigenvalue weighted by Crippen LogP contribution is -2.18. The molecule has 0 aliphatic heterocycles. The van der Waals surface area contributed by atoms with Gasteiger partial charge in [-0.15, -0.1) is 0 Å². The van der Waals surface area contributed by atoms with E-state index in [1.54, 1.807) is 0 Å². The third kappa shape index (κ3) is 2.80. The van der Waals surface area contributed by atoms with Crippen molar-refractivity contribution in [2.45, 2.75) is 45.7 Å². The second kappa shape index (κ2) is 5.45. The lowest BCUT2D eigenvalue weighted by atomic mass is 10.0. The molecule has 1 aliphatic rings. The molecule has 3 atom stereocenters. The average Bonchev–Trinajstić information content (AvgIpc) is 3.00. The molecule has 20 heavy (non-hydrogen) atoms. The molecule has 1 saturated carbocycles. The Morgan fingerprint density at radius 3 is 2.70 bits per heavy atom. The fraction of sp³-hybridized carbons (Fsp3) is 0.444. The van der Waals surface area contributed by atoms with Crippen molar-refractivity contribution in [1.29, 1.82) is 0 Å². The van der Waals surface area contributed by atoms with Crippen molar-refractivity contribution in [1.82, 2.24) is 5.32 Å². The molecule has 1 heterocycles. The van der Waals surface area contributed by atoms with Crippen LogP contribution < -0.4 is 5.32 Å². The van der Waals surface area contributed by atoms with E-state index in [9.17, 15) is 0 Å². The predicted molar refractivity (Wildman–Crippen MR) is 81.7 cm³/mol. The van der Waals surface area contributed by atoms with E-state index in [0.717, 1.165) is 24.0 Å². The third-order valence-corrected chi connectivity index (χ3v) is 4.39. The summed E-state index contributed by atoms with van der Waals surface area (Å²) in [5, 5.41) is 3.55. The summed E-state index contributed by atoms with van der Waals surface area (Å²) in [5.74, 6) is 3.67. The summed E-state index contributed by atoms with van der Waals surface area (Å²) in [6.07, 6.45) is 1.28. The lowest BCUT2D eigenvalue weighted by Gasteiger charge is -2.15. The molecule has 1 aliphatic carbocycles. The largest absolute Gasteiger partial charge is 0.464 e. The summed E-state index contributed by atoms with van der Waals surface area (Å²) >= 11 is 0. The summed E-state index contributed by atoms with van der Waals surface area (Å²) in [4.78, 5) is 0. The van der Waals surface area contributed by atoms with Crippen LogP contribution in [0.15, 0.2) is 40.8 Å². The van der Waals surface area contributed by atoms with Gasteiger partial charge in [-0.05, 0) is 49.4 Å². The Morgan fingerprint density at radius 1 is 1.25 bits per heavy atom. The van der Waals surface area contributed by atoms with Gasteiger partial charge in [0.05, 0.1) is 6.54 Å². The Hall–Kier alpha value is -1.54. The molecule has 2 nitrogen and oxygen atoms in total. The van der Waals surface area contributed by atoms with Crippen LogP contribution in [0, 0.1) is 12.8 Å². The maximum atomic E-state index is 5.93. The van der Waals surface area contributed by atoms with Gasteiger partial charge in [0.1, 0.15) is 11.5 Å². The van der Waals surface area contributed by atoms with Gasteiger partial charge in [0.25, 0.3) is 0 Å². The van der Waals surface area contributed by atoms with Gasteiger partial charge in [-0.1, -0.05) is 31.2 Å². The normalized spacial score (nSPS) is 22.8. The van der Waals surface area contributed by atoms with Crippen LogP contribution in [0.2, 0.25) is 0 Å². The molecule has 0 saturated heterocycles. The molecule has 0 bridgehead atoms. The van der Waals surface area contributed by atoms with Gasteiger partial charge in [0, 0.05) is 12.0 Å². The number of aryl methyl sites for hydroxylation is 1. The lowest BCUT2D eigenvalue weighted by molar-refractivity contribution is 0.430. The van der Waals surface area contributed by atoms with E-state index in [-0.39, 0.29) is 0 Å². The zero-order chi connectivity index (χ0) is 14.1. The van der Waals surface area contributed by atoms with Gasteiger partial charge in [-0.3, -0.25) is 0 Å². The van der Waals surface area contributed by atoms with Crippen molar-refractivity contribution in [2.75, 3.05) is 0 Å². The van der Waals surface area contributed by atoms with Gasteiger partial charge in [-0.2, -0.15) is 0 Å². The summed E-state index contributed by atoms with van der Waals surface area (Å²) in [7, 11) is 0. The van der Waals surface area contributed by atoms with Crippen LogP contribution in [0.3, 0.4) is 0 Å². The number of nitrogens with one attached hydrogen (secondary N) is 1. The Labute approximate surface area is 121 Å². The van der Waals surface area contributed by atoms with Crippen molar-refractivity contribution in [2.24, 2.45) is 5.92 Å². The summed E-state index contributed by atoms with van der Waals surface area (Å²) in [6, 6.07) is 13.1. The van der Waals surface area contributed by atoms with Crippen LogP contribution in [0.25, 0.3) is 0 Å². The van der Waals surface area contributed by atoms with Gasteiger partial charge in [0.15, 0.2) is 0 Å². The van der Waals surface area contributed by atoms with Crippen LogP contribution in [0.1, 0.15) is 54.9 Å². The van der Waals surface area contributed by atoms with E-state index >= 15 is 0 Å². The van der Waals surface area contributed by atoms with Crippen molar-refractivity contribution in [3.05, 3.63) is 59.0 Å². The van der Waals surface area contributed by atoms with Crippen LogP contribution in [0.5, 0.6) is 0 Å². The highest BCUT2D eigenvalue weighted by Crippen LogP contribution is 2.47. The van der Waals surface area contributed by atoms with E-state index in [2.05, 4.69) is 62.5 Å². The van der Waals surface area contributed by atoms with E-state index in [4.69, 9.17) is 4.42 Å². The second-order valence-corrected chi connectivity index (χ2v) is 6.08. The molecule has 2 aromatic rings. The van der Waals surface area contributed by atoms with Gasteiger partial charge in [0.2, 0.25) is 0 Å². The van der Waals surface area contributed by atoms with Crippen LogP contribution >= 0.6 is 0 Å². The highest BCUT2D eigenvalue weighted by molar-refractivity contribution is 5.28. The predicted octanol–water partition coefficient (Wildman–Crippen LogP) is 4.56. The Kier molecular flexibility index (Phi) is 3.66. The first-order chi connectivity index (χ1) is 9.65. The van der Waals surface area contributed by atoms with Crippen molar-refractivity contribution in [3.63, 3.8) is 0 Å². The highest BCUT2D eigenvalue weighted by atomic mass is 16.3. The topological polar surface area (TPSA) is 25.2 Å². The first-order valence-electron chi connectivity index (χ1n) is 7.52. The zero-order valence-electron chi connectivity index (χ0n) is 12.5.